The Morgan fingerprint density at radius 3 is 2.80 bits per heavy atom. The molecular weight excluding hydrogens is 437 g/mol. The highest BCUT2D eigenvalue weighted by atomic mass is 127. The summed E-state index contributed by atoms with van der Waals surface area (Å²) in [6.45, 7) is 3.56. The maximum Gasteiger partial charge on any atom is 0.290 e. The SMILES string of the molecule is CON=CC(C)(C)NC(=O)C(OC)Oc1ccc2ncc(I)cc2c1. The third-order valence-corrected chi connectivity index (χ3v) is 3.81. The number of pyridine rings is 1. The number of halogens is 1. The Balaban J connectivity index is 2.13. The summed E-state index contributed by atoms with van der Waals surface area (Å²) in [7, 11) is 2.84. The van der Waals surface area contributed by atoms with Crippen LogP contribution in [0.15, 0.2) is 35.6 Å². The van der Waals surface area contributed by atoms with E-state index < -0.39 is 17.7 Å². The fraction of sp³-hybridized carbons (Fsp3) is 0.353. The van der Waals surface area contributed by atoms with Crippen LogP contribution in [0.4, 0.5) is 0 Å². The van der Waals surface area contributed by atoms with E-state index in [9.17, 15) is 4.79 Å². The van der Waals surface area contributed by atoms with Gasteiger partial charge in [0.15, 0.2) is 0 Å². The minimum atomic E-state index is -1.09. The summed E-state index contributed by atoms with van der Waals surface area (Å²) in [6.07, 6.45) is 2.18. The van der Waals surface area contributed by atoms with Crippen LogP contribution in [0.25, 0.3) is 10.9 Å². The maximum absolute atomic E-state index is 12.4. The van der Waals surface area contributed by atoms with Gasteiger partial charge in [-0.25, -0.2) is 0 Å². The average Bonchev–Trinajstić information content (AvgIpc) is 2.57. The molecule has 8 heteroatoms. The third kappa shape index (κ3) is 5.53. The van der Waals surface area contributed by atoms with E-state index in [0.717, 1.165) is 14.5 Å². The standard InChI is InChI=1S/C17H20IN3O4/c1-17(2,10-20-24-4)21-15(22)16(23-3)25-13-5-6-14-11(8-13)7-12(18)9-19-14/h5-10,16H,1-4H3,(H,21,22). The summed E-state index contributed by atoms with van der Waals surface area (Å²) in [4.78, 5) is 21.4. The number of ether oxygens (including phenoxy) is 2. The third-order valence-electron chi connectivity index (χ3n) is 3.22. The minimum absolute atomic E-state index is 0.420. The molecule has 0 aliphatic heterocycles. The molecule has 1 atom stereocenters. The highest BCUT2D eigenvalue weighted by Gasteiger charge is 2.26. The molecule has 25 heavy (non-hydrogen) atoms. The molecule has 1 amide bonds. The van der Waals surface area contributed by atoms with Crippen molar-refractivity contribution in [1.29, 1.82) is 0 Å². The van der Waals surface area contributed by atoms with Crippen molar-refractivity contribution in [2.75, 3.05) is 14.2 Å². The normalized spacial score (nSPS) is 13.0. The quantitative estimate of drug-likeness (QED) is 0.299. The molecule has 0 fully saturated rings. The number of fused-ring (bicyclic) bond motifs is 1. The molecule has 0 radical (unpaired) electrons. The number of carbonyl (C=O) groups excluding carboxylic acids is 1. The number of hydrogen-bond donors (Lipinski definition) is 1. The average molecular weight is 457 g/mol. The molecule has 2 aromatic rings. The fourth-order valence-corrected chi connectivity index (χ4v) is 2.56. The number of benzene rings is 1. The van der Waals surface area contributed by atoms with Gasteiger partial charge in [0.05, 0.1) is 17.3 Å². The second-order valence-electron chi connectivity index (χ2n) is 5.82. The predicted molar refractivity (Wildman–Crippen MR) is 104 cm³/mol. The van der Waals surface area contributed by atoms with Crippen molar-refractivity contribution in [2.45, 2.75) is 25.7 Å². The van der Waals surface area contributed by atoms with Gasteiger partial charge in [-0.15, -0.1) is 0 Å². The highest BCUT2D eigenvalue weighted by Crippen LogP contribution is 2.22. The van der Waals surface area contributed by atoms with Gasteiger partial charge in [0, 0.05) is 22.3 Å². The van der Waals surface area contributed by atoms with E-state index in [2.05, 4.69) is 42.9 Å². The molecule has 1 aromatic heterocycles. The lowest BCUT2D eigenvalue weighted by atomic mass is 10.1. The van der Waals surface area contributed by atoms with Crippen LogP contribution >= 0.6 is 22.6 Å². The number of rotatable bonds is 7. The lowest BCUT2D eigenvalue weighted by Gasteiger charge is -2.24. The molecular formula is C17H20IN3O4. The summed E-state index contributed by atoms with van der Waals surface area (Å²) in [5.41, 5.74) is 0.138. The monoisotopic (exact) mass is 457 g/mol. The van der Waals surface area contributed by atoms with Crippen LogP contribution in [0.3, 0.4) is 0 Å². The Morgan fingerprint density at radius 1 is 1.36 bits per heavy atom. The number of oxime groups is 1. The number of aromatic nitrogens is 1. The maximum atomic E-state index is 12.4. The van der Waals surface area contributed by atoms with E-state index >= 15 is 0 Å². The molecule has 0 saturated heterocycles. The molecule has 1 aromatic carbocycles. The van der Waals surface area contributed by atoms with Crippen molar-refractivity contribution in [1.82, 2.24) is 10.3 Å². The number of hydrogen-bond acceptors (Lipinski definition) is 6. The van der Waals surface area contributed by atoms with Gasteiger partial charge >= 0.3 is 0 Å². The predicted octanol–water partition coefficient (Wildman–Crippen LogP) is 2.72. The first kappa shape index (κ1) is 19.4. The summed E-state index contributed by atoms with van der Waals surface area (Å²) in [6, 6.07) is 7.39. The van der Waals surface area contributed by atoms with E-state index in [1.54, 1.807) is 26.1 Å². The molecule has 0 spiro atoms. The van der Waals surface area contributed by atoms with Crippen LogP contribution in [0.1, 0.15) is 13.8 Å². The van der Waals surface area contributed by atoms with Crippen LogP contribution in [-0.2, 0) is 14.4 Å². The number of nitrogens with one attached hydrogen (secondary N) is 1. The largest absolute Gasteiger partial charge is 0.455 e. The zero-order valence-corrected chi connectivity index (χ0v) is 16.6. The van der Waals surface area contributed by atoms with E-state index in [4.69, 9.17) is 9.47 Å². The first-order chi connectivity index (χ1) is 11.8. The van der Waals surface area contributed by atoms with Gasteiger partial charge in [-0.2, -0.15) is 0 Å². The van der Waals surface area contributed by atoms with Gasteiger partial charge < -0.3 is 19.6 Å². The second-order valence-corrected chi connectivity index (χ2v) is 7.07. The van der Waals surface area contributed by atoms with Crippen LogP contribution in [-0.4, -0.2) is 43.2 Å². The van der Waals surface area contributed by atoms with Crippen molar-refractivity contribution >= 4 is 45.6 Å². The second kappa shape index (κ2) is 8.43. The van der Waals surface area contributed by atoms with Crippen molar-refractivity contribution in [3.05, 3.63) is 34.0 Å². The summed E-state index contributed by atoms with van der Waals surface area (Å²) in [5.74, 6) is 0.0950. The van der Waals surface area contributed by atoms with Crippen molar-refractivity contribution in [3.8, 4) is 5.75 Å². The first-order valence-electron chi connectivity index (χ1n) is 7.49. The molecule has 0 aliphatic carbocycles. The molecule has 1 heterocycles. The molecule has 1 N–H and O–H groups in total. The Hall–Kier alpha value is -1.94. The van der Waals surface area contributed by atoms with E-state index in [-0.39, 0.29) is 0 Å². The fourth-order valence-electron chi connectivity index (χ4n) is 2.08. The summed E-state index contributed by atoms with van der Waals surface area (Å²) >= 11 is 2.19. The molecule has 1 unspecified atom stereocenters. The number of methoxy groups -OCH3 is 1. The van der Waals surface area contributed by atoms with Crippen molar-refractivity contribution < 1.29 is 19.1 Å². The van der Waals surface area contributed by atoms with Gasteiger partial charge in [-0.3, -0.25) is 9.78 Å². The molecule has 0 bridgehead atoms. The van der Waals surface area contributed by atoms with Gasteiger partial charge in [-0.05, 0) is 60.7 Å². The molecule has 7 nitrogen and oxygen atoms in total. The van der Waals surface area contributed by atoms with Gasteiger partial charge in [0.1, 0.15) is 12.9 Å². The zero-order valence-electron chi connectivity index (χ0n) is 14.4. The Kier molecular flexibility index (Phi) is 6.54. The van der Waals surface area contributed by atoms with E-state index in [1.165, 1.54) is 20.4 Å². The molecule has 134 valence electrons. The molecule has 0 saturated carbocycles. The molecule has 0 aliphatic rings. The van der Waals surface area contributed by atoms with Crippen LogP contribution < -0.4 is 10.1 Å². The lowest BCUT2D eigenvalue weighted by Crippen LogP contribution is -2.51. The van der Waals surface area contributed by atoms with E-state index in [0.29, 0.717) is 5.75 Å². The van der Waals surface area contributed by atoms with Gasteiger partial charge in [-0.1, -0.05) is 5.16 Å². The van der Waals surface area contributed by atoms with Crippen LogP contribution in [0.2, 0.25) is 0 Å². The Morgan fingerprint density at radius 2 is 2.12 bits per heavy atom. The van der Waals surface area contributed by atoms with Crippen LogP contribution in [0, 0.1) is 3.57 Å². The zero-order chi connectivity index (χ0) is 18.4. The van der Waals surface area contributed by atoms with E-state index in [1.807, 2.05) is 18.2 Å². The summed E-state index contributed by atoms with van der Waals surface area (Å²) < 4.78 is 11.9. The summed E-state index contributed by atoms with van der Waals surface area (Å²) in [5, 5.41) is 7.38. The van der Waals surface area contributed by atoms with Crippen LogP contribution in [0.5, 0.6) is 5.75 Å². The Labute approximate surface area is 159 Å². The minimum Gasteiger partial charge on any atom is -0.455 e. The van der Waals surface area contributed by atoms with Crippen molar-refractivity contribution in [2.24, 2.45) is 5.16 Å². The topological polar surface area (TPSA) is 82.0 Å². The van der Waals surface area contributed by atoms with Gasteiger partial charge in [0.25, 0.3) is 12.2 Å². The lowest BCUT2D eigenvalue weighted by molar-refractivity contribution is -0.149. The van der Waals surface area contributed by atoms with Crippen molar-refractivity contribution in [3.63, 3.8) is 0 Å². The highest BCUT2D eigenvalue weighted by molar-refractivity contribution is 14.1. The smallest absolute Gasteiger partial charge is 0.290 e. The first-order valence-corrected chi connectivity index (χ1v) is 8.57. The number of carbonyl (C=O) groups is 1. The Bertz CT molecular complexity index is 780. The van der Waals surface area contributed by atoms with Gasteiger partial charge in [0.2, 0.25) is 0 Å². The number of nitrogens with zero attached hydrogens (tertiary/aromatic N) is 2. The molecule has 2 rings (SSSR count). The number of amides is 1.